The molecule has 0 aliphatic carbocycles. The standard InChI is InChI=1S/C28H31FN4O6S/c1-32-15-22(34)14-30-40(36,37)27-11-6-19(18-4-3-5-23(12-18)38-2)13-25(27)39-26-17-33(16-24(26)32)28(35)31-21-9-7-20(29)8-10-21/h3-13,22,24,26,30,34H,14-17H2,1-2H3,(H,31,35)/t22-,24+,26-/m0/s1. The second-order valence-electron chi connectivity index (χ2n) is 9.90. The van der Waals surface area contributed by atoms with Gasteiger partial charge in [0, 0.05) is 25.3 Å². The highest BCUT2D eigenvalue weighted by atomic mass is 32.2. The molecule has 0 aromatic heterocycles. The largest absolute Gasteiger partial charge is 0.497 e. The number of nitrogens with zero attached hydrogens (tertiary/aromatic N) is 2. The van der Waals surface area contributed by atoms with E-state index in [4.69, 9.17) is 9.47 Å². The van der Waals surface area contributed by atoms with Crippen LogP contribution in [0.2, 0.25) is 0 Å². The Kier molecular flexibility index (Phi) is 7.95. The molecule has 3 atom stereocenters. The van der Waals surface area contributed by atoms with Crippen LogP contribution in [0.15, 0.2) is 71.6 Å². The Balaban J connectivity index is 1.49. The van der Waals surface area contributed by atoms with Crippen LogP contribution in [-0.4, -0.2) is 87.9 Å². The van der Waals surface area contributed by atoms with E-state index in [2.05, 4.69) is 10.0 Å². The molecule has 212 valence electrons. The highest BCUT2D eigenvalue weighted by molar-refractivity contribution is 7.89. The first-order valence-corrected chi connectivity index (χ1v) is 14.3. The zero-order valence-electron chi connectivity index (χ0n) is 22.1. The van der Waals surface area contributed by atoms with Crippen molar-refractivity contribution in [1.82, 2.24) is 14.5 Å². The lowest BCUT2D eigenvalue weighted by Crippen LogP contribution is -2.47. The van der Waals surface area contributed by atoms with Crippen LogP contribution in [0.1, 0.15) is 0 Å². The number of methoxy groups -OCH3 is 1. The summed E-state index contributed by atoms with van der Waals surface area (Å²) in [5, 5.41) is 13.3. The summed E-state index contributed by atoms with van der Waals surface area (Å²) >= 11 is 0. The van der Waals surface area contributed by atoms with Gasteiger partial charge in [0.2, 0.25) is 10.0 Å². The van der Waals surface area contributed by atoms with E-state index in [0.717, 1.165) is 11.1 Å². The minimum absolute atomic E-state index is 0.0659. The quantitative estimate of drug-likeness (QED) is 0.443. The molecular formula is C28H31FN4O6S. The van der Waals surface area contributed by atoms with Gasteiger partial charge in [-0.2, -0.15) is 0 Å². The number of carbonyl (C=O) groups is 1. The van der Waals surface area contributed by atoms with Crippen LogP contribution < -0.4 is 19.5 Å². The number of hydrogen-bond acceptors (Lipinski definition) is 7. The molecule has 2 amide bonds. The molecule has 0 spiro atoms. The van der Waals surface area contributed by atoms with Gasteiger partial charge in [-0.05, 0) is 66.7 Å². The van der Waals surface area contributed by atoms with E-state index in [-0.39, 0.29) is 42.9 Å². The van der Waals surface area contributed by atoms with Crippen LogP contribution in [-0.2, 0) is 10.0 Å². The molecule has 3 aromatic rings. The first kappa shape index (κ1) is 27.8. The lowest BCUT2D eigenvalue weighted by atomic mass is 10.1. The van der Waals surface area contributed by atoms with Crippen LogP contribution >= 0.6 is 0 Å². The molecule has 2 aliphatic rings. The number of ether oxygens (including phenoxy) is 2. The number of rotatable bonds is 3. The Bertz CT molecular complexity index is 1490. The number of halogens is 1. The summed E-state index contributed by atoms with van der Waals surface area (Å²) in [7, 11) is -0.658. The molecule has 5 rings (SSSR count). The second-order valence-corrected chi connectivity index (χ2v) is 11.6. The Labute approximate surface area is 232 Å². The fraction of sp³-hybridized carbons (Fsp3) is 0.321. The van der Waals surface area contributed by atoms with Crippen LogP contribution in [0.5, 0.6) is 11.5 Å². The molecule has 40 heavy (non-hydrogen) atoms. The number of benzene rings is 3. The van der Waals surface area contributed by atoms with Gasteiger partial charge in [0.05, 0.1) is 25.8 Å². The highest BCUT2D eigenvalue weighted by Crippen LogP contribution is 2.34. The molecule has 0 radical (unpaired) electrons. The first-order chi connectivity index (χ1) is 19.1. The molecule has 0 bridgehead atoms. The average molecular weight is 571 g/mol. The summed E-state index contributed by atoms with van der Waals surface area (Å²) in [6.07, 6.45) is -1.59. The van der Waals surface area contributed by atoms with Crippen molar-refractivity contribution in [3.05, 3.63) is 72.5 Å². The number of aliphatic hydroxyl groups excluding tert-OH is 1. The summed E-state index contributed by atoms with van der Waals surface area (Å²) < 4.78 is 54.0. The number of anilines is 1. The van der Waals surface area contributed by atoms with Gasteiger partial charge < -0.3 is 24.8 Å². The SMILES string of the molecule is COc1cccc(-c2ccc3c(c2)O[C@H]2CN(C(=O)Nc4ccc(F)cc4)C[C@H]2N(C)C[C@@H](O)CNS3(=O)=O)c1. The fourth-order valence-electron chi connectivity index (χ4n) is 4.98. The van der Waals surface area contributed by atoms with Gasteiger partial charge in [-0.1, -0.05) is 18.2 Å². The molecule has 3 N–H and O–H groups in total. The van der Waals surface area contributed by atoms with Crippen LogP contribution in [0, 0.1) is 5.82 Å². The van der Waals surface area contributed by atoms with Gasteiger partial charge in [0.15, 0.2) is 0 Å². The number of β-amino-alcohol motifs (C(OH)–C–C–N with tert-alkyl or cyclic N) is 1. The molecular weight excluding hydrogens is 539 g/mol. The molecule has 0 unspecified atom stereocenters. The van der Waals surface area contributed by atoms with Gasteiger partial charge >= 0.3 is 6.03 Å². The Morgan fingerprint density at radius 3 is 2.58 bits per heavy atom. The van der Waals surface area contributed by atoms with Crippen molar-refractivity contribution >= 4 is 21.7 Å². The Morgan fingerprint density at radius 1 is 1.07 bits per heavy atom. The predicted octanol–water partition coefficient (Wildman–Crippen LogP) is 2.75. The van der Waals surface area contributed by atoms with Crippen molar-refractivity contribution in [2.45, 2.75) is 23.1 Å². The average Bonchev–Trinajstić information content (AvgIpc) is 3.36. The van der Waals surface area contributed by atoms with Gasteiger partial charge in [0.25, 0.3) is 0 Å². The lowest BCUT2D eigenvalue weighted by molar-refractivity contribution is 0.0713. The summed E-state index contributed by atoms with van der Waals surface area (Å²) in [5.41, 5.74) is 1.97. The van der Waals surface area contributed by atoms with Crippen LogP contribution in [0.4, 0.5) is 14.9 Å². The number of urea groups is 1. The minimum atomic E-state index is -4.02. The molecule has 0 saturated carbocycles. The summed E-state index contributed by atoms with van der Waals surface area (Å²) in [6, 6.07) is 16.9. The number of likely N-dealkylation sites (tertiary alicyclic amines) is 1. The molecule has 1 saturated heterocycles. The smallest absolute Gasteiger partial charge is 0.322 e. The molecule has 10 nitrogen and oxygen atoms in total. The highest BCUT2D eigenvalue weighted by Gasteiger charge is 2.41. The zero-order chi connectivity index (χ0) is 28.4. The van der Waals surface area contributed by atoms with E-state index in [0.29, 0.717) is 11.4 Å². The number of aliphatic hydroxyl groups is 1. The maximum atomic E-state index is 13.3. The van der Waals surface area contributed by atoms with Gasteiger partial charge in [-0.25, -0.2) is 22.3 Å². The van der Waals surface area contributed by atoms with E-state index in [9.17, 15) is 22.7 Å². The number of nitrogens with one attached hydrogen (secondary N) is 2. The van der Waals surface area contributed by atoms with Crippen molar-refractivity contribution < 1.29 is 32.2 Å². The van der Waals surface area contributed by atoms with Gasteiger partial charge in [-0.15, -0.1) is 0 Å². The van der Waals surface area contributed by atoms with E-state index in [1.54, 1.807) is 31.2 Å². The Morgan fingerprint density at radius 2 is 1.82 bits per heavy atom. The normalized spacial score (nSPS) is 22.8. The van der Waals surface area contributed by atoms with Crippen molar-refractivity contribution in [2.75, 3.05) is 45.7 Å². The number of likely N-dealkylation sites (N-methyl/N-ethyl adjacent to an activating group) is 1. The van der Waals surface area contributed by atoms with Crippen molar-refractivity contribution in [1.29, 1.82) is 0 Å². The number of sulfonamides is 1. The molecule has 12 heteroatoms. The van der Waals surface area contributed by atoms with E-state index >= 15 is 0 Å². The van der Waals surface area contributed by atoms with Crippen molar-refractivity contribution in [3.63, 3.8) is 0 Å². The number of carbonyl (C=O) groups excluding carboxylic acids is 1. The number of fused-ring (bicyclic) bond motifs is 2. The van der Waals surface area contributed by atoms with Crippen LogP contribution in [0.3, 0.4) is 0 Å². The lowest BCUT2D eigenvalue weighted by Gasteiger charge is -2.30. The van der Waals surface area contributed by atoms with Gasteiger partial charge in [-0.3, -0.25) is 4.90 Å². The van der Waals surface area contributed by atoms with E-state index in [1.165, 1.54) is 30.3 Å². The molecule has 2 heterocycles. The maximum Gasteiger partial charge on any atom is 0.322 e. The van der Waals surface area contributed by atoms with Crippen LogP contribution in [0.25, 0.3) is 11.1 Å². The third-order valence-electron chi connectivity index (χ3n) is 7.11. The predicted molar refractivity (Wildman–Crippen MR) is 147 cm³/mol. The fourth-order valence-corrected chi connectivity index (χ4v) is 6.17. The third-order valence-corrected chi connectivity index (χ3v) is 8.57. The minimum Gasteiger partial charge on any atom is -0.497 e. The monoisotopic (exact) mass is 570 g/mol. The first-order valence-electron chi connectivity index (χ1n) is 12.8. The maximum absolute atomic E-state index is 13.3. The molecule has 2 aliphatic heterocycles. The summed E-state index contributed by atoms with van der Waals surface area (Å²) in [4.78, 5) is 16.5. The van der Waals surface area contributed by atoms with E-state index in [1.807, 2.05) is 29.2 Å². The van der Waals surface area contributed by atoms with Crippen molar-refractivity contribution in [3.8, 4) is 22.6 Å². The van der Waals surface area contributed by atoms with E-state index < -0.39 is 34.1 Å². The molecule has 3 aromatic carbocycles. The second kappa shape index (κ2) is 11.4. The molecule has 1 fully saturated rings. The zero-order valence-corrected chi connectivity index (χ0v) is 22.9. The van der Waals surface area contributed by atoms with Crippen molar-refractivity contribution in [2.24, 2.45) is 0 Å². The number of hydrogen-bond donors (Lipinski definition) is 3. The summed E-state index contributed by atoms with van der Waals surface area (Å²) in [5.74, 6) is 0.373. The third kappa shape index (κ3) is 6.04. The summed E-state index contributed by atoms with van der Waals surface area (Å²) in [6.45, 7) is 0.405. The van der Waals surface area contributed by atoms with Gasteiger partial charge in [0.1, 0.15) is 28.3 Å². The Hall–Kier alpha value is -3.71. The topological polar surface area (TPSA) is 120 Å². The number of amides is 2.